The number of methoxy groups -OCH3 is 1. The number of ketones is 1. The number of carbonyl (C=O) groups is 1. The third-order valence-corrected chi connectivity index (χ3v) is 8.18. The number of ether oxygens (including phenoxy) is 1. The van der Waals surface area contributed by atoms with E-state index in [0.717, 1.165) is 57.8 Å². The number of nitrogens with one attached hydrogen (secondary N) is 1. The Balaban J connectivity index is 1.19. The second kappa shape index (κ2) is 10.0. The van der Waals surface area contributed by atoms with Crippen LogP contribution < -0.4 is 4.74 Å². The Hall–Kier alpha value is -3.62. The highest BCUT2D eigenvalue weighted by Crippen LogP contribution is 2.34. The van der Waals surface area contributed by atoms with Crippen molar-refractivity contribution >= 4 is 38.2 Å². The SMILES string of the molecule is COc1cccc(F)c1CN1CCC[C@@H](CC(=O)c2ccc3[nH]nc(-c4nc5ccccc5s4)c3c2)C1. The highest BCUT2D eigenvalue weighted by molar-refractivity contribution is 7.21. The molecular formula is C29H27FN4O2S. The minimum Gasteiger partial charge on any atom is -0.496 e. The van der Waals surface area contributed by atoms with Crippen LogP contribution in [0.4, 0.5) is 4.39 Å². The van der Waals surface area contributed by atoms with Crippen molar-refractivity contribution in [3.05, 3.63) is 77.6 Å². The molecule has 1 fully saturated rings. The van der Waals surface area contributed by atoms with Crippen LogP contribution in [0.1, 0.15) is 35.2 Å². The van der Waals surface area contributed by atoms with Gasteiger partial charge in [0.15, 0.2) is 5.78 Å². The molecule has 8 heteroatoms. The number of halogens is 1. The molecule has 1 saturated heterocycles. The molecule has 0 amide bonds. The molecule has 6 rings (SSSR count). The van der Waals surface area contributed by atoms with Gasteiger partial charge in [-0.05, 0) is 67.8 Å². The first kappa shape index (κ1) is 23.8. The van der Waals surface area contributed by atoms with E-state index >= 15 is 0 Å². The van der Waals surface area contributed by atoms with E-state index in [0.29, 0.717) is 29.8 Å². The van der Waals surface area contributed by atoms with E-state index in [-0.39, 0.29) is 17.5 Å². The van der Waals surface area contributed by atoms with E-state index in [4.69, 9.17) is 9.72 Å². The lowest BCUT2D eigenvalue weighted by Crippen LogP contribution is -2.36. The fourth-order valence-electron chi connectivity index (χ4n) is 5.27. The molecule has 0 radical (unpaired) electrons. The van der Waals surface area contributed by atoms with Crippen LogP contribution in [0.3, 0.4) is 0 Å². The highest BCUT2D eigenvalue weighted by Gasteiger charge is 2.25. The highest BCUT2D eigenvalue weighted by atomic mass is 32.1. The van der Waals surface area contributed by atoms with E-state index in [2.05, 4.69) is 21.2 Å². The summed E-state index contributed by atoms with van der Waals surface area (Å²) in [7, 11) is 1.56. The molecule has 3 aromatic carbocycles. The Morgan fingerprint density at radius 3 is 2.95 bits per heavy atom. The van der Waals surface area contributed by atoms with Gasteiger partial charge in [-0.1, -0.05) is 18.2 Å². The summed E-state index contributed by atoms with van der Waals surface area (Å²) in [4.78, 5) is 20.3. The van der Waals surface area contributed by atoms with Crippen LogP contribution in [-0.4, -0.2) is 46.1 Å². The van der Waals surface area contributed by atoms with Crippen LogP contribution in [0.5, 0.6) is 5.75 Å². The van der Waals surface area contributed by atoms with Gasteiger partial charge in [0.05, 0.1) is 22.8 Å². The van der Waals surface area contributed by atoms with Gasteiger partial charge >= 0.3 is 0 Å². The van der Waals surface area contributed by atoms with Crippen molar-refractivity contribution in [3.8, 4) is 16.5 Å². The third kappa shape index (κ3) is 4.74. The maximum atomic E-state index is 14.5. The predicted molar refractivity (Wildman–Crippen MR) is 145 cm³/mol. The number of benzene rings is 3. The average Bonchev–Trinajstić information content (AvgIpc) is 3.53. The van der Waals surface area contributed by atoms with E-state index < -0.39 is 0 Å². The standard InChI is InChI=1S/C29H27FN4O2S/c1-36-26-9-4-7-22(30)21(26)17-34-13-5-6-18(16-34)14-25(35)19-11-12-23-20(15-19)28(33-32-23)29-31-24-8-2-3-10-27(24)37-29/h2-4,7-12,15,18H,5-6,13-14,16-17H2,1H3,(H,32,33)/t18-/m0/s1. The maximum absolute atomic E-state index is 14.5. The first-order valence-corrected chi connectivity index (χ1v) is 13.3. The monoisotopic (exact) mass is 514 g/mol. The number of nitrogens with zero attached hydrogens (tertiary/aromatic N) is 3. The fraction of sp³-hybridized carbons (Fsp3) is 0.276. The topological polar surface area (TPSA) is 71.1 Å². The number of likely N-dealkylation sites (tertiary alicyclic amines) is 1. The summed E-state index contributed by atoms with van der Waals surface area (Å²) in [5, 5.41) is 9.33. The Labute approximate surface area is 218 Å². The van der Waals surface area contributed by atoms with Crippen molar-refractivity contribution in [2.24, 2.45) is 5.92 Å². The molecule has 0 saturated carbocycles. The largest absolute Gasteiger partial charge is 0.496 e. The van der Waals surface area contributed by atoms with Gasteiger partial charge in [-0.15, -0.1) is 11.3 Å². The van der Waals surface area contributed by atoms with E-state index in [1.165, 1.54) is 6.07 Å². The van der Waals surface area contributed by atoms with Crippen LogP contribution in [0, 0.1) is 11.7 Å². The van der Waals surface area contributed by atoms with Gasteiger partial charge in [0.1, 0.15) is 22.3 Å². The van der Waals surface area contributed by atoms with Gasteiger partial charge in [-0.25, -0.2) is 9.37 Å². The smallest absolute Gasteiger partial charge is 0.163 e. The van der Waals surface area contributed by atoms with Gasteiger partial charge in [-0.3, -0.25) is 14.8 Å². The van der Waals surface area contributed by atoms with Crippen molar-refractivity contribution in [1.29, 1.82) is 0 Å². The number of aromatic nitrogens is 3. The number of piperidine rings is 1. The normalized spacial score (nSPS) is 16.4. The number of Topliss-reactive ketones (excluding diaryl/α,β-unsaturated/α-hetero) is 1. The second-order valence-corrected chi connectivity index (χ2v) is 10.6. The van der Waals surface area contributed by atoms with Gasteiger partial charge in [-0.2, -0.15) is 5.10 Å². The molecule has 0 aliphatic carbocycles. The van der Waals surface area contributed by atoms with E-state index in [1.54, 1.807) is 30.6 Å². The van der Waals surface area contributed by atoms with Gasteiger partial charge < -0.3 is 4.74 Å². The first-order valence-electron chi connectivity index (χ1n) is 12.5. The summed E-state index contributed by atoms with van der Waals surface area (Å²) < 4.78 is 20.9. The second-order valence-electron chi connectivity index (χ2n) is 9.61. The van der Waals surface area contributed by atoms with Crippen molar-refractivity contribution in [2.75, 3.05) is 20.2 Å². The number of thiazole rings is 1. The van der Waals surface area contributed by atoms with Crippen LogP contribution in [0.15, 0.2) is 60.7 Å². The van der Waals surface area contributed by atoms with Crippen LogP contribution >= 0.6 is 11.3 Å². The lowest BCUT2D eigenvalue weighted by Gasteiger charge is -2.32. The summed E-state index contributed by atoms with van der Waals surface area (Å²) >= 11 is 1.60. The zero-order valence-corrected chi connectivity index (χ0v) is 21.4. The van der Waals surface area contributed by atoms with Crippen LogP contribution in [0.25, 0.3) is 31.8 Å². The molecule has 0 bridgehead atoms. The van der Waals surface area contributed by atoms with Gasteiger partial charge in [0.2, 0.25) is 0 Å². The fourth-order valence-corrected chi connectivity index (χ4v) is 6.24. The lowest BCUT2D eigenvalue weighted by atomic mass is 9.90. The molecule has 6 nitrogen and oxygen atoms in total. The zero-order chi connectivity index (χ0) is 25.4. The molecule has 1 atom stereocenters. The minimum absolute atomic E-state index is 0.119. The first-order chi connectivity index (χ1) is 18.1. The average molecular weight is 515 g/mol. The molecule has 0 spiro atoms. The summed E-state index contributed by atoms with van der Waals surface area (Å²) in [6.45, 7) is 2.12. The molecule has 1 N–H and O–H groups in total. The number of carbonyl (C=O) groups excluding carboxylic acids is 1. The number of rotatable bonds is 7. The van der Waals surface area contributed by atoms with E-state index in [1.807, 2.05) is 36.4 Å². The number of H-pyrrole nitrogens is 1. The molecule has 5 aromatic rings. The maximum Gasteiger partial charge on any atom is 0.163 e. The summed E-state index contributed by atoms with van der Waals surface area (Å²) in [5.74, 6) is 0.655. The van der Waals surface area contributed by atoms with Crippen molar-refractivity contribution in [1.82, 2.24) is 20.1 Å². The quantitative estimate of drug-likeness (QED) is 0.252. The Morgan fingerprint density at radius 2 is 2.08 bits per heavy atom. The lowest BCUT2D eigenvalue weighted by molar-refractivity contribution is 0.0911. The van der Waals surface area contributed by atoms with Crippen LogP contribution in [-0.2, 0) is 6.54 Å². The zero-order valence-electron chi connectivity index (χ0n) is 20.5. The van der Waals surface area contributed by atoms with Crippen LogP contribution in [0.2, 0.25) is 0 Å². The van der Waals surface area contributed by atoms with Crippen molar-refractivity contribution < 1.29 is 13.9 Å². The molecule has 2 aromatic heterocycles. The molecule has 1 aliphatic heterocycles. The number of para-hydroxylation sites is 1. The number of hydrogen-bond acceptors (Lipinski definition) is 6. The molecule has 3 heterocycles. The summed E-state index contributed by atoms with van der Waals surface area (Å²) in [5.41, 5.74) is 3.86. The molecular weight excluding hydrogens is 487 g/mol. The van der Waals surface area contributed by atoms with Gasteiger partial charge in [0.25, 0.3) is 0 Å². The van der Waals surface area contributed by atoms with Crippen molar-refractivity contribution in [3.63, 3.8) is 0 Å². The number of hydrogen-bond donors (Lipinski definition) is 1. The Kier molecular flexibility index (Phi) is 6.44. The predicted octanol–water partition coefficient (Wildman–Crippen LogP) is 6.47. The third-order valence-electron chi connectivity index (χ3n) is 7.14. The van der Waals surface area contributed by atoms with Crippen molar-refractivity contribution in [2.45, 2.75) is 25.8 Å². The Morgan fingerprint density at radius 1 is 1.19 bits per heavy atom. The Bertz CT molecular complexity index is 1560. The van der Waals surface area contributed by atoms with E-state index in [9.17, 15) is 9.18 Å². The summed E-state index contributed by atoms with van der Waals surface area (Å²) in [6.07, 6.45) is 2.43. The molecule has 188 valence electrons. The molecule has 37 heavy (non-hydrogen) atoms. The number of aromatic amines is 1. The molecule has 0 unspecified atom stereocenters. The molecule has 1 aliphatic rings. The van der Waals surface area contributed by atoms with Gasteiger partial charge in [0, 0.05) is 36.0 Å². The minimum atomic E-state index is -0.255. The summed E-state index contributed by atoms with van der Waals surface area (Å²) in [6, 6.07) is 18.7. The number of fused-ring (bicyclic) bond motifs is 2.